The molecule has 0 spiro atoms. The maximum atomic E-state index is 12.9. The van der Waals surface area contributed by atoms with E-state index in [4.69, 9.17) is 9.72 Å². The molecule has 6 heterocycles. The smallest absolute Gasteiger partial charge is 0.226 e. The van der Waals surface area contributed by atoms with Crippen molar-refractivity contribution in [1.29, 1.82) is 0 Å². The summed E-state index contributed by atoms with van der Waals surface area (Å²) >= 11 is 3.36. The zero-order chi connectivity index (χ0) is 20.8. The molecule has 3 aromatic heterocycles. The molecule has 2 bridgehead atoms. The minimum Gasteiger partial charge on any atom is -0.372 e. The van der Waals surface area contributed by atoms with Crippen molar-refractivity contribution in [2.75, 3.05) is 31.5 Å². The third kappa shape index (κ3) is 3.89. The number of nitrogens with one attached hydrogen (secondary N) is 2. The Labute approximate surface area is 188 Å². The van der Waals surface area contributed by atoms with Gasteiger partial charge in [-0.3, -0.25) is 14.7 Å². The van der Waals surface area contributed by atoms with E-state index in [1.165, 1.54) is 10.4 Å². The molecule has 2 fully saturated rings. The lowest BCUT2D eigenvalue weighted by Crippen LogP contribution is -2.43. The Kier molecular flexibility index (Phi) is 5.23. The summed E-state index contributed by atoms with van der Waals surface area (Å²) in [5.74, 6) is 0.0782. The van der Waals surface area contributed by atoms with E-state index in [1.54, 1.807) is 28.9 Å². The highest BCUT2D eigenvalue weighted by Gasteiger charge is 2.33. The zero-order valence-corrected chi connectivity index (χ0v) is 18.9. The third-order valence-corrected chi connectivity index (χ3v) is 8.56. The van der Waals surface area contributed by atoms with E-state index in [0.717, 1.165) is 77.8 Å². The number of nitrogens with zero attached hydrogens (tertiary/aromatic N) is 3. The molecule has 2 N–H and O–H groups in total. The second-order valence-corrected chi connectivity index (χ2v) is 10.6. The number of amides is 1. The number of carbonyl (C=O) groups excluding carboxylic acids is 1. The van der Waals surface area contributed by atoms with Crippen LogP contribution in [0.1, 0.15) is 29.7 Å². The van der Waals surface area contributed by atoms with Crippen molar-refractivity contribution in [3.05, 3.63) is 28.9 Å². The third-order valence-electron chi connectivity index (χ3n) is 6.36. The number of hydrogen-bond acceptors (Lipinski definition) is 8. The summed E-state index contributed by atoms with van der Waals surface area (Å²) in [6.07, 6.45) is 8.11. The van der Waals surface area contributed by atoms with Crippen molar-refractivity contribution in [3.8, 4) is 10.6 Å². The van der Waals surface area contributed by atoms with Crippen molar-refractivity contribution in [2.24, 2.45) is 0 Å². The largest absolute Gasteiger partial charge is 0.372 e. The van der Waals surface area contributed by atoms with Crippen LogP contribution in [0.15, 0.2) is 18.5 Å². The van der Waals surface area contributed by atoms with Crippen LogP contribution >= 0.6 is 22.7 Å². The number of thiophene rings is 1. The molecule has 2 saturated heterocycles. The normalized spacial score (nSPS) is 23.2. The summed E-state index contributed by atoms with van der Waals surface area (Å²) in [4.78, 5) is 25.6. The van der Waals surface area contributed by atoms with Crippen LogP contribution in [0, 0.1) is 0 Å². The fraction of sp³-hybridized carbons (Fsp3) is 0.500. The molecule has 31 heavy (non-hydrogen) atoms. The van der Waals surface area contributed by atoms with Gasteiger partial charge in [0, 0.05) is 49.2 Å². The number of fused-ring (bicyclic) bond motifs is 4. The first-order valence-corrected chi connectivity index (χ1v) is 12.6. The Morgan fingerprint density at radius 2 is 2.16 bits per heavy atom. The fourth-order valence-electron chi connectivity index (χ4n) is 4.87. The molecule has 162 valence electrons. The Hall–Kier alpha value is -1.91. The average molecular weight is 456 g/mol. The summed E-state index contributed by atoms with van der Waals surface area (Å²) in [6, 6.07) is 2.00. The lowest BCUT2D eigenvalue weighted by atomic mass is 10.0. The number of pyridine rings is 1. The number of morpholine rings is 1. The number of hydrogen-bond donors (Lipinski definition) is 2. The molecule has 3 aliphatic heterocycles. The van der Waals surface area contributed by atoms with Gasteiger partial charge in [-0.2, -0.15) is 0 Å². The summed E-state index contributed by atoms with van der Waals surface area (Å²) in [6.45, 7) is 4.50. The molecule has 9 heteroatoms. The van der Waals surface area contributed by atoms with Gasteiger partial charge in [0.05, 0.1) is 23.1 Å². The number of thiazole rings is 1. The molecule has 3 aromatic rings. The number of likely N-dealkylation sites (tertiary alicyclic amines) is 1. The molecule has 2 unspecified atom stereocenters. The van der Waals surface area contributed by atoms with Crippen molar-refractivity contribution < 1.29 is 9.53 Å². The first kappa shape index (κ1) is 19.8. The minimum atomic E-state index is 0.0782. The Morgan fingerprint density at radius 3 is 3.00 bits per heavy atom. The number of ether oxygens (including phenoxy) is 1. The van der Waals surface area contributed by atoms with Crippen LogP contribution < -0.4 is 10.6 Å². The highest BCUT2D eigenvalue weighted by atomic mass is 32.1. The van der Waals surface area contributed by atoms with Crippen molar-refractivity contribution in [3.63, 3.8) is 0 Å². The summed E-state index contributed by atoms with van der Waals surface area (Å²) in [5.41, 5.74) is 3.35. The standard InChI is InChI=1S/C22H25N5O2S2/c28-19(5-8-27-11-13-1-2-14(12-27)29-13)26-22-20(15-3-6-24-10-18(15)31-22)21-25-16-9-23-7-4-17(16)30-21/h4,7,9,13-14,24H,1-3,5-6,8,10-12H2,(H,26,28). The second-order valence-electron chi connectivity index (χ2n) is 8.51. The summed E-state index contributed by atoms with van der Waals surface area (Å²) < 4.78 is 7.03. The maximum absolute atomic E-state index is 12.9. The predicted molar refractivity (Wildman–Crippen MR) is 124 cm³/mol. The maximum Gasteiger partial charge on any atom is 0.226 e. The van der Waals surface area contributed by atoms with Crippen LogP contribution in [0.25, 0.3) is 20.8 Å². The van der Waals surface area contributed by atoms with Crippen LogP contribution in [-0.4, -0.2) is 59.2 Å². The average Bonchev–Trinajstić information content (AvgIpc) is 3.46. The van der Waals surface area contributed by atoms with Gasteiger partial charge in [0.1, 0.15) is 15.5 Å². The van der Waals surface area contributed by atoms with Crippen molar-refractivity contribution in [1.82, 2.24) is 20.2 Å². The fourth-order valence-corrected chi connectivity index (χ4v) is 7.18. The first-order valence-electron chi connectivity index (χ1n) is 11.0. The molecule has 0 saturated carbocycles. The highest BCUT2D eigenvalue weighted by Crippen LogP contribution is 2.44. The van der Waals surface area contributed by atoms with Crippen molar-refractivity contribution >= 4 is 43.8 Å². The SMILES string of the molecule is O=C(CCN1CC2CCC(C1)O2)Nc1sc2c(c1-c1nc3cnccc3s1)CCNC2. The predicted octanol–water partition coefficient (Wildman–Crippen LogP) is 3.26. The Balaban J connectivity index is 1.22. The minimum absolute atomic E-state index is 0.0782. The van der Waals surface area contributed by atoms with E-state index in [0.29, 0.717) is 18.6 Å². The molecular formula is C22H25N5O2S2. The van der Waals surface area contributed by atoms with Gasteiger partial charge in [0.2, 0.25) is 5.91 Å². The Bertz CT molecular complexity index is 1080. The monoisotopic (exact) mass is 455 g/mol. The van der Waals surface area contributed by atoms with Crippen LogP contribution in [-0.2, 0) is 22.5 Å². The molecule has 2 atom stereocenters. The van der Waals surface area contributed by atoms with E-state index < -0.39 is 0 Å². The van der Waals surface area contributed by atoms with E-state index in [2.05, 4.69) is 20.5 Å². The van der Waals surface area contributed by atoms with Crippen LogP contribution in [0.4, 0.5) is 5.00 Å². The second kappa shape index (κ2) is 8.22. The Morgan fingerprint density at radius 1 is 1.29 bits per heavy atom. The summed E-state index contributed by atoms with van der Waals surface area (Å²) in [5, 5.41) is 8.59. The molecule has 1 amide bonds. The topological polar surface area (TPSA) is 79.4 Å². The van der Waals surface area contributed by atoms with Gasteiger partial charge in [-0.1, -0.05) is 0 Å². The number of rotatable bonds is 5. The van der Waals surface area contributed by atoms with Crippen LogP contribution in [0.3, 0.4) is 0 Å². The van der Waals surface area contributed by atoms with E-state index in [9.17, 15) is 4.79 Å². The summed E-state index contributed by atoms with van der Waals surface area (Å²) in [7, 11) is 0. The van der Waals surface area contributed by atoms with E-state index in [-0.39, 0.29) is 5.91 Å². The van der Waals surface area contributed by atoms with Gasteiger partial charge in [-0.05, 0) is 37.4 Å². The molecule has 6 rings (SSSR count). The van der Waals surface area contributed by atoms with Gasteiger partial charge >= 0.3 is 0 Å². The van der Waals surface area contributed by atoms with Crippen LogP contribution in [0.2, 0.25) is 0 Å². The van der Waals surface area contributed by atoms with Gasteiger partial charge in [0.25, 0.3) is 0 Å². The molecular weight excluding hydrogens is 430 g/mol. The van der Waals surface area contributed by atoms with Gasteiger partial charge in [0.15, 0.2) is 0 Å². The molecule has 3 aliphatic rings. The lowest BCUT2D eigenvalue weighted by Gasteiger charge is -2.31. The molecule has 7 nitrogen and oxygen atoms in total. The van der Waals surface area contributed by atoms with Gasteiger partial charge in [-0.15, -0.1) is 22.7 Å². The van der Waals surface area contributed by atoms with Crippen molar-refractivity contribution in [2.45, 2.75) is 44.4 Å². The molecule has 0 radical (unpaired) electrons. The van der Waals surface area contributed by atoms with Crippen LogP contribution in [0.5, 0.6) is 0 Å². The highest BCUT2D eigenvalue weighted by molar-refractivity contribution is 7.22. The molecule has 0 aromatic carbocycles. The number of anilines is 1. The number of aromatic nitrogens is 2. The van der Waals surface area contributed by atoms with Gasteiger partial charge in [-0.25, -0.2) is 4.98 Å². The van der Waals surface area contributed by atoms with Gasteiger partial charge < -0.3 is 15.4 Å². The zero-order valence-electron chi connectivity index (χ0n) is 17.2. The number of carbonyl (C=O) groups is 1. The van der Waals surface area contributed by atoms with E-state index >= 15 is 0 Å². The quantitative estimate of drug-likeness (QED) is 0.615. The van der Waals surface area contributed by atoms with E-state index in [1.807, 2.05) is 12.3 Å². The lowest BCUT2D eigenvalue weighted by molar-refractivity contribution is -0.117. The molecule has 0 aliphatic carbocycles. The first-order chi connectivity index (χ1) is 15.2.